The number of hydrogen-bond acceptors (Lipinski definition) is 2. The van der Waals surface area contributed by atoms with Gasteiger partial charge in [0.15, 0.2) is 5.78 Å². The molecule has 1 rings (SSSR count). The Bertz CT molecular complexity index is 339. The van der Waals surface area contributed by atoms with E-state index in [1.807, 2.05) is 20.9 Å². The van der Waals surface area contributed by atoms with Crippen LogP contribution in [0.5, 0.6) is 0 Å². The van der Waals surface area contributed by atoms with E-state index in [0.29, 0.717) is 5.92 Å². The third-order valence-electron chi connectivity index (χ3n) is 2.91. The smallest absolute Gasteiger partial charge is 0.169 e. The summed E-state index contributed by atoms with van der Waals surface area (Å²) >= 11 is 0. The van der Waals surface area contributed by atoms with E-state index in [-0.39, 0.29) is 11.7 Å². The van der Waals surface area contributed by atoms with Crippen molar-refractivity contribution in [2.75, 3.05) is 0 Å². The molecule has 0 saturated heterocycles. The second-order valence-corrected chi connectivity index (χ2v) is 4.16. The molecule has 0 aliphatic rings. The van der Waals surface area contributed by atoms with Crippen LogP contribution in [0.4, 0.5) is 0 Å². The summed E-state index contributed by atoms with van der Waals surface area (Å²) in [6.45, 7) is 8.02. The predicted octanol–water partition coefficient (Wildman–Crippen LogP) is 2.20. The molecule has 1 aromatic rings. The number of aromatic nitrogens is 2. The van der Waals surface area contributed by atoms with Gasteiger partial charge in [0.2, 0.25) is 0 Å². The lowest BCUT2D eigenvalue weighted by Crippen LogP contribution is -2.17. The van der Waals surface area contributed by atoms with Crippen molar-refractivity contribution < 1.29 is 4.79 Å². The Morgan fingerprint density at radius 1 is 1.43 bits per heavy atom. The van der Waals surface area contributed by atoms with Gasteiger partial charge in [-0.1, -0.05) is 20.8 Å². The van der Waals surface area contributed by atoms with Crippen LogP contribution >= 0.6 is 0 Å². The van der Waals surface area contributed by atoms with Crippen LogP contribution in [0.3, 0.4) is 0 Å². The first kappa shape index (κ1) is 11.0. The summed E-state index contributed by atoms with van der Waals surface area (Å²) in [4.78, 5) is 12.0. The van der Waals surface area contributed by atoms with Crippen LogP contribution in [-0.2, 0) is 7.05 Å². The van der Waals surface area contributed by atoms with Crippen molar-refractivity contribution in [3.8, 4) is 0 Å². The Hall–Kier alpha value is -1.12. The lowest BCUT2D eigenvalue weighted by atomic mass is 9.90. The number of carbonyl (C=O) groups is 1. The van der Waals surface area contributed by atoms with Gasteiger partial charge in [-0.3, -0.25) is 9.48 Å². The molecule has 0 fully saturated rings. The SMILES string of the molecule is Cc1c(C(=O)C(C)C(C)C)cnn1C. The van der Waals surface area contributed by atoms with Gasteiger partial charge in [0, 0.05) is 18.7 Å². The van der Waals surface area contributed by atoms with Crippen molar-refractivity contribution in [3.63, 3.8) is 0 Å². The van der Waals surface area contributed by atoms with Gasteiger partial charge in [0.1, 0.15) is 0 Å². The van der Waals surface area contributed by atoms with Crippen LogP contribution < -0.4 is 0 Å². The standard InChI is InChI=1S/C11H18N2O/c1-7(2)8(3)11(14)10-6-12-13(5)9(10)4/h6-8H,1-5H3. The lowest BCUT2D eigenvalue weighted by molar-refractivity contribution is 0.0899. The average molecular weight is 194 g/mol. The van der Waals surface area contributed by atoms with E-state index in [1.165, 1.54) is 0 Å². The minimum atomic E-state index is 0.0675. The molecule has 0 bridgehead atoms. The molecule has 3 nitrogen and oxygen atoms in total. The Labute approximate surface area is 85.1 Å². The highest BCUT2D eigenvalue weighted by Crippen LogP contribution is 2.18. The maximum Gasteiger partial charge on any atom is 0.169 e. The minimum Gasteiger partial charge on any atom is -0.294 e. The summed E-state index contributed by atoms with van der Waals surface area (Å²) in [6.07, 6.45) is 1.66. The quantitative estimate of drug-likeness (QED) is 0.691. The second kappa shape index (κ2) is 3.95. The molecule has 0 N–H and O–H groups in total. The van der Waals surface area contributed by atoms with Crippen molar-refractivity contribution >= 4 is 5.78 Å². The monoisotopic (exact) mass is 194 g/mol. The fourth-order valence-electron chi connectivity index (χ4n) is 1.29. The van der Waals surface area contributed by atoms with Crippen molar-refractivity contribution in [2.24, 2.45) is 18.9 Å². The van der Waals surface area contributed by atoms with Gasteiger partial charge in [-0.2, -0.15) is 5.10 Å². The zero-order chi connectivity index (χ0) is 10.9. The molecule has 0 aliphatic carbocycles. The number of hydrogen-bond donors (Lipinski definition) is 0. The molecule has 0 spiro atoms. The van der Waals surface area contributed by atoms with Gasteiger partial charge in [-0.25, -0.2) is 0 Å². The second-order valence-electron chi connectivity index (χ2n) is 4.16. The third-order valence-corrected chi connectivity index (χ3v) is 2.91. The number of Topliss-reactive ketones (excluding diaryl/α,β-unsaturated/α-hetero) is 1. The number of ketones is 1. The summed E-state index contributed by atoms with van der Waals surface area (Å²) < 4.78 is 1.74. The van der Waals surface area contributed by atoms with Gasteiger partial charge in [0.25, 0.3) is 0 Å². The van der Waals surface area contributed by atoms with E-state index in [4.69, 9.17) is 0 Å². The van der Waals surface area contributed by atoms with Crippen LogP contribution in [0.25, 0.3) is 0 Å². The Morgan fingerprint density at radius 2 is 2.00 bits per heavy atom. The zero-order valence-corrected chi connectivity index (χ0v) is 9.53. The van der Waals surface area contributed by atoms with E-state index in [1.54, 1.807) is 10.9 Å². The largest absolute Gasteiger partial charge is 0.294 e. The van der Waals surface area contributed by atoms with E-state index in [9.17, 15) is 4.79 Å². The summed E-state index contributed by atoms with van der Waals surface area (Å²) in [6, 6.07) is 0. The number of nitrogens with zero attached hydrogens (tertiary/aromatic N) is 2. The predicted molar refractivity (Wildman–Crippen MR) is 56.3 cm³/mol. The van der Waals surface area contributed by atoms with Gasteiger partial charge >= 0.3 is 0 Å². The highest BCUT2D eigenvalue weighted by atomic mass is 16.1. The van der Waals surface area contributed by atoms with Gasteiger partial charge in [-0.15, -0.1) is 0 Å². The lowest BCUT2D eigenvalue weighted by Gasteiger charge is -2.13. The van der Waals surface area contributed by atoms with Crippen LogP contribution in [0.15, 0.2) is 6.20 Å². The molecule has 1 atom stereocenters. The van der Waals surface area contributed by atoms with E-state index in [0.717, 1.165) is 11.3 Å². The third kappa shape index (κ3) is 1.86. The topological polar surface area (TPSA) is 34.9 Å². The number of rotatable bonds is 3. The van der Waals surface area contributed by atoms with Crippen molar-refractivity contribution in [3.05, 3.63) is 17.5 Å². The summed E-state index contributed by atoms with van der Waals surface area (Å²) in [5.41, 5.74) is 1.70. The fraction of sp³-hybridized carbons (Fsp3) is 0.636. The van der Waals surface area contributed by atoms with Crippen LogP contribution in [0.2, 0.25) is 0 Å². The molecule has 0 aliphatic heterocycles. The number of carbonyl (C=O) groups excluding carboxylic acids is 1. The van der Waals surface area contributed by atoms with Crippen LogP contribution in [-0.4, -0.2) is 15.6 Å². The van der Waals surface area contributed by atoms with Crippen molar-refractivity contribution in [1.29, 1.82) is 0 Å². The molecule has 14 heavy (non-hydrogen) atoms. The molecule has 78 valence electrons. The maximum absolute atomic E-state index is 12.0. The van der Waals surface area contributed by atoms with Crippen LogP contribution in [0, 0.1) is 18.8 Å². The zero-order valence-electron chi connectivity index (χ0n) is 9.53. The highest BCUT2D eigenvalue weighted by molar-refractivity contribution is 5.98. The molecule has 0 aromatic carbocycles. The molecule has 0 radical (unpaired) electrons. The van der Waals surface area contributed by atoms with E-state index >= 15 is 0 Å². The summed E-state index contributed by atoms with van der Waals surface area (Å²) in [5, 5.41) is 4.07. The Morgan fingerprint density at radius 3 is 2.36 bits per heavy atom. The molecule has 3 heteroatoms. The Kier molecular flexibility index (Phi) is 3.09. The molecule has 1 aromatic heterocycles. The average Bonchev–Trinajstić information content (AvgIpc) is 2.45. The van der Waals surface area contributed by atoms with Crippen molar-refractivity contribution in [2.45, 2.75) is 27.7 Å². The van der Waals surface area contributed by atoms with E-state index in [2.05, 4.69) is 18.9 Å². The first-order valence-corrected chi connectivity index (χ1v) is 4.98. The molecule has 0 amide bonds. The van der Waals surface area contributed by atoms with Gasteiger partial charge in [0.05, 0.1) is 11.8 Å². The normalized spacial score (nSPS) is 13.3. The highest BCUT2D eigenvalue weighted by Gasteiger charge is 2.21. The molecular weight excluding hydrogens is 176 g/mol. The number of aryl methyl sites for hydroxylation is 1. The first-order chi connectivity index (χ1) is 6.45. The van der Waals surface area contributed by atoms with Gasteiger partial charge < -0.3 is 0 Å². The Balaban J connectivity index is 2.95. The van der Waals surface area contributed by atoms with Crippen LogP contribution in [0.1, 0.15) is 36.8 Å². The minimum absolute atomic E-state index is 0.0675. The fourth-order valence-corrected chi connectivity index (χ4v) is 1.29. The molecule has 1 unspecified atom stereocenters. The summed E-state index contributed by atoms with van der Waals surface area (Å²) in [5.74, 6) is 0.644. The molecular formula is C11H18N2O. The van der Waals surface area contributed by atoms with E-state index < -0.39 is 0 Å². The van der Waals surface area contributed by atoms with Gasteiger partial charge in [-0.05, 0) is 12.8 Å². The first-order valence-electron chi connectivity index (χ1n) is 4.98. The molecule has 0 saturated carbocycles. The van der Waals surface area contributed by atoms with Crippen molar-refractivity contribution in [1.82, 2.24) is 9.78 Å². The maximum atomic E-state index is 12.0. The summed E-state index contributed by atoms with van der Waals surface area (Å²) in [7, 11) is 1.85. The molecule has 1 heterocycles.